The lowest BCUT2D eigenvalue weighted by atomic mass is 10.0. The summed E-state index contributed by atoms with van der Waals surface area (Å²) in [5, 5.41) is 5.64. The van der Waals surface area contributed by atoms with Gasteiger partial charge in [0.15, 0.2) is 0 Å². The predicted octanol–water partition coefficient (Wildman–Crippen LogP) is 2.70. The largest absolute Gasteiger partial charge is 0.497 e. The average Bonchev–Trinajstić information content (AvgIpc) is 2.61. The molecule has 6 nitrogen and oxygen atoms in total. The second-order valence-electron chi connectivity index (χ2n) is 5.48. The molecule has 0 bridgehead atoms. The number of hydrogen-bond donors (Lipinski definition) is 2. The molecule has 0 saturated carbocycles. The van der Waals surface area contributed by atoms with Crippen LogP contribution < -0.4 is 15.4 Å². The standard InChI is InChI=1S/C18H16ClN3O3/c1-25-14-7-5-11(6-8-14)15-10-16(23)21-18(20-15)22-17(24)12-3-2-4-13(19)9-12/h2-9,15H,10H2,1H3,(H2,20,21,22,23,24). The summed E-state index contributed by atoms with van der Waals surface area (Å²) in [5.74, 6) is 0.249. The average molecular weight is 358 g/mol. The first-order valence-electron chi connectivity index (χ1n) is 7.63. The topological polar surface area (TPSA) is 79.8 Å². The van der Waals surface area contributed by atoms with E-state index in [4.69, 9.17) is 16.3 Å². The molecule has 1 unspecified atom stereocenters. The molecule has 2 amide bonds. The molecule has 128 valence electrons. The molecule has 0 radical (unpaired) electrons. The molecule has 1 aliphatic rings. The van der Waals surface area contributed by atoms with Crippen LogP contribution in [0.5, 0.6) is 5.75 Å². The van der Waals surface area contributed by atoms with Crippen LogP contribution in [-0.2, 0) is 4.79 Å². The summed E-state index contributed by atoms with van der Waals surface area (Å²) in [6.07, 6.45) is 0.211. The van der Waals surface area contributed by atoms with Crippen molar-refractivity contribution in [1.29, 1.82) is 0 Å². The zero-order chi connectivity index (χ0) is 17.8. The first-order valence-corrected chi connectivity index (χ1v) is 8.01. The van der Waals surface area contributed by atoms with Crippen LogP contribution in [0.2, 0.25) is 5.02 Å². The number of aliphatic imine (C=N–C) groups is 1. The number of hydrogen-bond acceptors (Lipinski definition) is 4. The number of nitrogens with zero attached hydrogens (tertiary/aromatic N) is 1. The summed E-state index contributed by atoms with van der Waals surface area (Å²) in [4.78, 5) is 28.7. The van der Waals surface area contributed by atoms with Crippen LogP contribution in [0.25, 0.3) is 0 Å². The third-order valence-electron chi connectivity index (χ3n) is 3.74. The number of benzene rings is 2. The highest BCUT2D eigenvalue weighted by molar-refractivity contribution is 6.31. The van der Waals surface area contributed by atoms with Gasteiger partial charge in [-0.2, -0.15) is 0 Å². The number of ether oxygens (including phenoxy) is 1. The summed E-state index contributed by atoms with van der Waals surface area (Å²) in [6, 6.07) is 13.5. The van der Waals surface area contributed by atoms with Crippen molar-refractivity contribution in [3.8, 4) is 5.75 Å². The maximum atomic E-state index is 12.3. The van der Waals surface area contributed by atoms with Crippen molar-refractivity contribution < 1.29 is 14.3 Å². The zero-order valence-electron chi connectivity index (χ0n) is 13.5. The van der Waals surface area contributed by atoms with Gasteiger partial charge in [0.1, 0.15) is 5.75 Å². The molecule has 0 fully saturated rings. The van der Waals surface area contributed by atoms with Gasteiger partial charge in [0.05, 0.1) is 19.6 Å². The van der Waals surface area contributed by atoms with E-state index in [9.17, 15) is 9.59 Å². The van der Waals surface area contributed by atoms with Gasteiger partial charge in [-0.05, 0) is 35.9 Å². The minimum absolute atomic E-state index is 0.127. The number of methoxy groups -OCH3 is 1. The molecular formula is C18H16ClN3O3. The minimum Gasteiger partial charge on any atom is -0.497 e. The second-order valence-corrected chi connectivity index (χ2v) is 5.92. The van der Waals surface area contributed by atoms with Crippen LogP contribution in [0.3, 0.4) is 0 Å². The molecule has 1 aliphatic heterocycles. The van der Waals surface area contributed by atoms with Gasteiger partial charge in [-0.1, -0.05) is 29.8 Å². The lowest BCUT2D eigenvalue weighted by molar-refractivity contribution is -0.120. The van der Waals surface area contributed by atoms with Crippen LogP contribution in [-0.4, -0.2) is 24.9 Å². The van der Waals surface area contributed by atoms with E-state index in [-0.39, 0.29) is 24.3 Å². The van der Waals surface area contributed by atoms with Crippen molar-refractivity contribution >= 4 is 29.4 Å². The number of rotatable bonds is 3. The molecule has 0 spiro atoms. The number of carbonyl (C=O) groups is 2. The highest BCUT2D eigenvalue weighted by Crippen LogP contribution is 2.25. The third-order valence-corrected chi connectivity index (χ3v) is 3.98. The number of halogens is 1. The summed E-state index contributed by atoms with van der Waals surface area (Å²) >= 11 is 5.89. The summed E-state index contributed by atoms with van der Waals surface area (Å²) in [5.41, 5.74) is 1.25. The van der Waals surface area contributed by atoms with Gasteiger partial charge in [-0.3, -0.25) is 20.2 Å². The molecule has 7 heteroatoms. The highest BCUT2D eigenvalue weighted by atomic mass is 35.5. The second kappa shape index (κ2) is 7.36. The van der Waals surface area contributed by atoms with E-state index in [0.717, 1.165) is 11.3 Å². The first-order chi connectivity index (χ1) is 12.0. The van der Waals surface area contributed by atoms with Gasteiger partial charge in [-0.25, -0.2) is 4.99 Å². The van der Waals surface area contributed by atoms with E-state index < -0.39 is 5.91 Å². The highest BCUT2D eigenvalue weighted by Gasteiger charge is 2.23. The van der Waals surface area contributed by atoms with Crippen LogP contribution in [0.4, 0.5) is 0 Å². The number of guanidine groups is 1. The Bertz CT molecular complexity index is 834. The molecule has 1 heterocycles. The van der Waals surface area contributed by atoms with Gasteiger partial charge in [-0.15, -0.1) is 0 Å². The lowest BCUT2D eigenvalue weighted by Gasteiger charge is -2.21. The Hall–Kier alpha value is -2.86. The quantitative estimate of drug-likeness (QED) is 0.886. The lowest BCUT2D eigenvalue weighted by Crippen LogP contribution is -2.47. The maximum absolute atomic E-state index is 12.3. The van der Waals surface area contributed by atoms with Crippen molar-refractivity contribution in [2.45, 2.75) is 12.5 Å². The van der Waals surface area contributed by atoms with Crippen molar-refractivity contribution in [3.63, 3.8) is 0 Å². The van der Waals surface area contributed by atoms with E-state index >= 15 is 0 Å². The fourth-order valence-electron chi connectivity index (χ4n) is 2.48. The molecule has 0 saturated heterocycles. The number of nitrogens with one attached hydrogen (secondary N) is 2. The van der Waals surface area contributed by atoms with Crippen LogP contribution in [0.15, 0.2) is 53.5 Å². The van der Waals surface area contributed by atoms with Gasteiger partial charge in [0.25, 0.3) is 5.91 Å². The van der Waals surface area contributed by atoms with Crippen molar-refractivity contribution in [2.24, 2.45) is 4.99 Å². The molecule has 0 aliphatic carbocycles. The normalized spacial score (nSPS) is 16.6. The van der Waals surface area contributed by atoms with Crippen molar-refractivity contribution in [3.05, 3.63) is 64.7 Å². The SMILES string of the molecule is COc1ccc(C2CC(=O)NC(NC(=O)c3cccc(Cl)c3)=N2)cc1. The fourth-order valence-corrected chi connectivity index (χ4v) is 2.67. The van der Waals surface area contributed by atoms with Crippen LogP contribution in [0, 0.1) is 0 Å². The molecule has 3 rings (SSSR count). The summed E-state index contributed by atoms with van der Waals surface area (Å²) in [7, 11) is 1.59. The number of carbonyl (C=O) groups excluding carboxylic acids is 2. The van der Waals surface area contributed by atoms with E-state index in [1.807, 2.05) is 24.3 Å². The monoisotopic (exact) mass is 357 g/mol. The smallest absolute Gasteiger partial charge is 0.258 e. The van der Waals surface area contributed by atoms with E-state index in [2.05, 4.69) is 15.6 Å². The maximum Gasteiger partial charge on any atom is 0.258 e. The predicted molar refractivity (Wildman–Crippen MR) is 94.8 cm³/mol. The Kier molecular flexibility index (Phi) is 5.00. The molecule has 25 heavy (non-hydrogen) atoms. The van der Waals surface area contributed by atoms with Gasteiger partial charge in [0, 0.05) is 10.6 Å². The Morgan fingerprint density at radius 2 is 2.04 bits per heavy atom. The molecule has 0 aromatic heterocycles. The molecule has 2 N–H and O–H groups in total. The molecule has 1 atom stereocenters. The first kappa shape index (κ1) is 17.0. The fraction of sp³-hybridized carbons (Fsp3) is 0.167. The molecule has 2 aromatic carbocycles. The van der Waals surface area contributed by atoms with E-state index in [1.165, 1.54) is 0 Å². The van der Waals surface area contributed by atoms with Crippen LogP contribution >= 0.6 is 11.6 Å². The molecular weight excluding hydrogens is 342 g/mol. The Labute approximate surface area is 149 Å². The van der Waals surface area contributed by atoms with E-state index in [0.29, 0.717) is 10.6 Å². The third kappa shape index (κ3) is 4.16. The van der Waals surface area contributed by atoms with Gasteiger partial charge < -0.3 is 4.74 Å². The summed E-state index contributed by atoms with van der Waals surface area (Å²) in [6.45, 7) is 0. The van der Waals surface area contributed by atoms with E-state index in [1.54, 1.807) is 31.4 Å². The van der Waals surface area contributed by atoms with Gasteiger partial charge >= 0.3 is 0 Å². The minimum atomic E-state index is -0.392. The summed E-state index contributed by atoms with van der Waals surface area (Å²) < 4.78 is 5.13. The van der Waals surface area contributed by atoms with Crippen molar-refractivity contribution in [2.75, 3.05) is 7.11 Å². The Morgan fingerprint density at radius 1 is 1.28 bits per heavy atom. The Morgan fingerprint density at radius 3 is 2.72 bits per heavy atom. The van der Waals surface area contributed by atoms with Gasteiger partial charge in [0.2, 0.25) is 11.9 Å². The van der Waals surface area contributed by atoms with Crippen molar-refractivity contribution in [1.82, 2.24) is 10.6 Å². The zero-order valence-corrected chi connectivity index (χ0v) is 14.2. The van der Waals surface area contributed by atoms with Crippen LogP contribution in [0.1, 0.15) is 28.4 Å². The molecule has 2 aromatic rings. The Balaban J connectivity index is 1.78. The number of amides is 2.